The van der Waals surface area contributed by atoms with Crippen LogP contribution in [0.25, 0.3) is 0 Å². The minimum atomic E-state index is -2.96. The number of carbonyl (C=O) groups excluding carboxylic acids is 1. The summed E-state index contributed by atoms with van der Waals surface area (Å²) in [6.45, 7) is 2.41. The lowest BCUT2D eigenvalue weighted by atomic mass is 10.1. The minimum absolute atomic E-state index is 0.103. The van der Waals surface area contributed by atoms with Crippen molar-refractivity contribution in [2.24, 2.45) is 0 Å². The summed E-state index contributed by atoms with van der Waals surface area (Å²) in [5.41, 5.74) is 1.61. The maximum atomic E-state index is 11.4. The van der Waals surface area contributed by atoms with E-state index < -0.39 is 9.84 Å². The standard InChI is InChI=1S/C13H20N2O3S/c1-10(9-19(3,17)18)15-8-11-4-6-12(7-5-11)13(16)14-2/h4-7,10,15H,8-9H2,1-3H3,(H,14,16). The number of benzene rings is 1. The number of hydrogen-bond donors (Lipinski definition) is 2. The van der Waals surface area contributed by atoms with Gasteiger partial charge in [0.25, 0.3) is 5.91 Å². The van der Waals surface area contributed by atoms with Gasteiger partial charge in [-0.2, -0.15) is 0 Å². The molecule has 0 aliphatic heterocycles. The lowest BCUT2D eigenvalue weighted by molar-refractivity contribution is 0.0963. The highest BCUT2D eigenvalue weighted by Crippen LogP contribution is 2.04. The van der Waals surface area contributed by atoms with Crippen molar-refractivity contribution in [3.63, 3.8) is 0 Å². The highest BCUT2D eigenvalue weighted by Gasteiger charge is 2.09. The summed E-state index contributed by atoms with van der Waals surface area (Å²) in [7, 11) is -1.38. The monoisotopic (exact) mass is 284 g/mol. The summed E-state index contributed by atoms with van der Waals surface area (Å²) in [6, 6.07) is 7.09. The predicted molar refractivity (Wildman–Crippen MR) is 75.8 cm³/mol. The van der Waals surface area contributed by atoms with E-state index >= 15 is 0 Å². The Morgan fingerprint density at radius 1 is 1.26 bits per heavy atom. The third-order valence-corrected chi connectivity index (χ3v) is 3.76. The highest BCUT2D eigenvalue weighted by molar-refractivity contribution is 7.90. The molecule has 5 nitrogen and oxygen atoms in total. The molecule has 1 aromatic rings. The zero-order chi connectivity index (χ0) is 14.5. The van der Waals surface area contributed by atoms with Crippen LogP contribution in [0.5, 0.6) is 0 Å². The van der Waals surface area contributed by atoms with E-state index in [0.717, 1.165) is 5.56 Å². The summed E-state index contributed by atoms with van der Waals surface area (Å²) in [4.78, 5) is 11.4. The fourth-order valence-corrected chi connectivity index (χ4v) is 2.75. The van der Waals surface area contributed by atoms with Crippen LogP contribution in [0.15, 0.2) is 24.3 Å². The number of hydrogen-bond acceptors (Lipinski definition) is 4. The summed E-state index contributed by atoms with van der Waals surface area (Å²) in [5, 5.41) is 5.69. The molecular weight excluding hydrogens is 264 g/mol. The molecule has 0 aromatic heterocycles. The second kappa shape index (κ2) is 6.68. The molecule has 0 radical (unpaired) electrons. The SMILES string of the molecule is CNC(=O)c1ccc(CNC(C)CS(C)(=O)=O)cc1. The molecule has 1 atom stereocenters. The molecule has 1 rings (SSSR count). The Hall–Kier alpha value is -1.40. The number of carbonyl (C=O) groups is 1. The van der Waals surface area contributed by atoms with Gasteiger partial charge in [0, 0.05) is 31.5 Å². The van der Waals surface area contributed by atoms with E-state index in [1.807, 2.05) is 19.1 Å². The Labute approximate surface area is 114 Å². The minimum Gasteiger partial charge on any atom is -0.355 e. The van der Waals surface area contributed by atoms with Crippen LogP contribution in [0.4, 0.5) is 0 Å². The van der Waals surface area contributed by atoms with Crippen molar-refractivity contribution >= 4 is 15.7 Å². The normalized spacial score (nSPS) is 13.0. The molecule has 0 aliphatic carbocycles. The van der Waals surface area contributed by atoms with Crippen LogP contribution in [0, 0.1) is 0 Å². The molecule has 1 amide bonds. The van der Waals surface area contributed by atoms with Crippen LogP contribution < -0.4 is 10.6 Å². The van der Waals surface area contributed by atoms with E-state index in [0.29, 0.717) is 12.1 Å². The van der Waals surface area contributed by atoms with Gasteiger partial charge in [-0.25, -0.2) is 8.42 Å². The van der Waals surface area contributed by atoms with Gasteiger partial charge in [0.2, 0.25) is 0 Å². The van der Waals surface area contributed by atoms with Crippen LogP contribution in [-0.2, 0) is 16.4 Å². The van der Waals surface area contributed by atoms with Crippen molar-refractivity contribution in [2.45, 2.75) is 19.5 Å². The first-order chi connectivity index (χ1) is 8.81. The second-order valence-electron chi connectivity index (χ2n) is 4.65. The first kappa shape index (κ1) is 15.7. The molecule has 19 heavy (non-hydrogen) atoms. The van der Waals surface area contributed by atoms with Crippen LogP contribution in [0.3, 0.4) is 0 Å². The Morgan fingerprint density at radius 3 is 2.32 bits per heavy atom. The summed E-state index contributed by atoms with van der Waals surface area (Å²) in [5.74, 6) is -0.00600. The first-order valence-corrected chi connectivity index (χ1v) is 8.10. The molecule has 1 aromatic carbocycles. The quantitative estimate of drug-likeness (QED) is 0.801. The largest absolute Gasteiger partial charge is 0.355 e. The van der Waals surface area contributed by atoms with Crippen molar-refractivity contribution in [3.8, 4) is 0 Å². The smallest absolute Gasteiger partial charge is 0.251 e. The van der Waals surface area contributed by atoms with E-state index in [-0.39, 0.29) is 17.7 Å². The van der Waals surface area contributed by atoms with Crippen LogP contribution in [0.1, 0.15) is 22.8 Å². The molecule has 0 bridgehead atoms. The summed E-state index contributed by atoms with van der Waals surface area (Å²) < 4.78 is 22.2. The lowest BCUT2D eigenvalue weighted by Gasteiger charge is -2.12. The second-order valence-corrected chi connectivity index (χ2v) is 6.84. The van der Waals surface area contributed by atoms with E-state index in [2.05, 4.69) is 10.6 Å². The van der Waals surface area contributed by atoms with Crippen molar-refractivity contribution in [1.29, 1.82) is 0 Å². The number of rotatable bonds is 6. The number of nitrogens with one attached hydrogen (secondary N) is 2. The van der Waals surface area contributed by atoms with Gasteiger partial charge in [0.1, 0.15) is 9.84 Å². The molecule has 0 saturated carbocycles. The van der Waals surface area contributed by atoms with Crippen molar-refractivity contribution in [3.05, 3.63) is 35.4 Å². The number of sulfone groups is 1. The number of amides is 1. The molecule has 0 aliphatic rings. The molecule has 2 N–H and O–H groups in total. The average Bonchev–Trinajstić information content (AvgIpc) is 2.34. The molecule has 0 saturated heterocycles. The van der Waals surface area contributed by atoms with E-state index in [1.165, 1.54) is 6.26 Å². The Morgan fingerprint density at radius 2 is 1.84 bits per heavy atom. The molecule has 1 unspecified atom stereocenters. The maximum absolute atomic E-state index is 11.4. The van der Waals surface area contributed by atoms with Gasteiger partial charge in [0.15, 0.2) is 0 Å². The Balaban J connectivity index is 2.52. The van der Waals surface area contributed by atoms with Crippen LogP contribution >= 0.6 is 0 Å². The van der Waals surface area contributed by atoms with Crippen molar-refractivity contribution in [2.75, 3.05) is 19.1 Å². The van der Waals surface area contributed by atoms with Gasteiger partial charge in [-0.05, 0) is 24.6 Å². The molecule has 106 valence electrons. The van der Waals surface area contributed by atoms with Crippen molar-refractivity contribution < 1.29 is 13.2 Å². The van der Waals surface area contributed by atoms with Crippen LogP contribution in [-0.4, -0.2) is 39.4 Å². The highest BCUT2D eigenvalue weighted by atomic mass is 32.2. The average molecular weight is 284 g/mol. The van der Waals surface area contributed by atoms with E-state index in [9.17, 15) is 13.2 Å². The van der Waals surface area contributed by atoms with Gasteiger partial charge < -0.3 is 10.6 Å². The van der Waals surface area contributed by atoms with E-state index in [4.69, 9.17) is 0 Å². The summed E-state index contributed by atoms with van der Waals surface area (Å²) >= 11 is 0. The summed E-state index contributed by atoms with van der Waals surface area (Å²) in [6.07, 6.45) is 1.23. The zero-order valence-corrected chi connectivity index (χ0v) is 12.3. The third kappa shape index (κ3) is 5.85. The molecule has 6 heteroatoms. The van der Waals surface area contributed by atoms with Gasteiger partial charge in [-0.15, -0.1) is 0 Å². The molecule has 0 spiro atoms. The van der Waals surface area contributed by atoms with Crippen molar-refractivity contribution in [1.82, 2.24) is 10.6 Å². The Bertz CT molecular complexity index is 523. The van der Waals surface area contributed by atoms with E-state index in [1.54, 1.807) is 19.2 Å². The predicted octanol–water partition coefficient (Wildman–Crippen LogP) is 0.569. The Kier molecular flexibility index (Phi) is 5.50. The fraction of sp³-hybridized carbons (Fsp3) is 0.462. The van der Waals surface area contributed by atoms with Gasteiger partial charge >= 0.3 is 0 Å². The molecular formula is C13H20N2O3S. The maximum Gasteiger partial charge on any atom is 0.251 e. The zero-order valence-electron chi connectivity index (χ0n) is 11.4. The molecule has 0 heterocycles. The van der Waals surface area contributed by atoms with Crippen LogP contribution in [0.2, 0.25) is 0 Å². The fourth-order valence-electron chi connectivity index (χ4n) is 1.72. The van der Waals surface area contributed by atoms with Gasteiger partial charge in [0.05, 0.1) is 5.75 Å². The van der Waals surface area contributed by atoms with Gasteiger partial charge in [-0.3, -0.25) is 4.79 Å². The molecule has 0 fully saturated rings. The first-order valence-electron chi connectivity index (χ1n) is 6.04. The topological polar surface area (TPSA) is 75.3 Å². The lowest BCUT2D eigenvalue weighted by Crippen LogP contribution is -2.32. The van der Waals surface area contributed by atoms with Gasteiger partial charge in [-0.1, -0.05) is 12.1 Å². The third-order valence-electron chi connectivity index (χ3n) is 2.65.